The van der Waals surface area contributed by atoms with Gasteiger partial charge in [0.05, 0.1) is 25.9 Å². The van der Waals surface area contributed by atoms with Crippen molar-refractivity contribution in [1.29, 1.82) is 0 Å². The van der Waals surface area contributed by atoms with Crippen LogP contribution in [0.3, 0.4) is 0 Å². The summed E-state index contributed by atoms with van der Waals surface area (Å²) in [5, 5.41) is 2.66. The Morgan fingerprint density at radius 2 is 2.16 bits per heavy atom. The number of aromatic nitrogens is 1. The molecule has 1 aromatic carbocycles. The van der Waals surface area contributed by atoms with Crippen molar-refractivity contribution >= 4 is 17.5 Å². The summed E-state index contributed by atoms with van der Waals surface area (Å²) < 4.78 is 22.8. The van der Waals surface area contributed by atoms with Crippen molar-refractivity contribution in [3.63, 3.8) is 0 Å². The Labute approximate surface area is 121 Å². The lowest BCUT2D eigenvalue weighted by atomic mass is 9.99. The second-order valence-electron chi connectivity index (χ2n) is 4.56. The number of hydrogen-bond acceptors (Lipinski definition) is 2. The van der Waals surface area contributed by atoms with Gasteiger partial charge in [0, 0.05) is 6.20 Å². The fourth-order valence-electron chi connectivity index (χ4n) is 1.64. The van der Waals surface area contributed by atoms with Crippen LogP contribution in [0.4, 0.5) is 0 Å². The molecule has 2 aromatic rings. The third-order valence-electron chi connectivity index (χ3n) is 2.67. The normalized spacial score (nSPS) is 13.3. The molecule has 3 nitrogen and oxygen atoms in total. The molecule has 0 radical (unpaired) electrons. The summed E-state index contributed by atoms with van der Waals surface area (Å²) >= 11 is 5.97. The number of hydrogen-bond donors (Lipinski definition) is 1. The number of rotatable bonds is 3. The molecule has 19 heavy (non-hydrogen) atoms. The summed E-state index contributed by atoms with van der Waals surface area (Å²) in [7, 11) is 0. The van der Waals surface area contributed by atoms with Gasteiger partial charge in [0.2, 0.25) is 0 Å². The zero-order chi connectivity index (χ0) is 16.5. The number of pyridine rings is 1. The monoisotopic (exact) mass is 277 g/mol. The van der Waals surface area contributed by atoms with E-state index in [0.717, 1.165) is 0 Å². The largest absolute Gasteiger partial charge is 0.341 e. The van der Waals surface area contributed by atoms with Crippen molar-refractivity contribution < 1.29 is 8.91 Å². The average Bonchev–Trinajstić information content (AvgIpc) is 2.49. The van der Waals surface area contributed by atoms with Gasteiger partial charge in [-0.05, 0) is 38.1 Å². The highest BCUT2D eigenvalue weighted by molar-refractivity contribution is 6.33. The van der Waals surface area contributed by atoms with Crippen LogP contribution < -0.4 is 5.32 Å². The van der Waals surface area contributed by atoms with E-state index in [1.54, 1.807) is 32.2 Å². The molecule has 0 unspecified atom stereocenters. The predicted molar refractivity (Wildman–Crippen MR) is 76.2 cm³/mol. The van der Waals surface area contributed by atoms with Gasteiger partial charge in [-0.1, -0.05) is 29.8 Å². The van der Waals surface area contributed by atoms with Gasteiger partial charge in [-0.3, -0.25) is 9.78 Å². The maximum absolute atomic E-state index is 12.4. The first-order valence-electron chi connectivity index (χ1n) is 7.24. The zero-order valence-corrected chi connectivity index (χ0v) is 11.4. The van der Waals surface area contributed by atoms with E-state index >= 15 is 0 Å². The van der Waals surface area contributed by atoms with Crippen LogP contribution in [-0.4, -0.2) is 10.9 Å². The molecule has 0 bridgehead atoms. The molecular weight excluding hydrogens is 260 g/mol. The van der Waals surface area contributed by atoms with Gasteiger partial charge in [0.15, 0.2) is 0 Å². The lowest BCUT2D eigenvalue weighted by molar-refractivity contribution is 0.0910. The van der Waals surface area contributed by atoms with Gasteiger partial charge < -0.3 is 5.32 Å². The minimum Gasteiger partial charge on any atom is -0.341 e. The molecular formula is C15H15ClN2O. The maximum Gasteiger partial charge on any atom is 0.253 e. The summed E-state index contributed by atoms with van der Waals surface area (Å²) in [5.74, 6) is -0.511. The fraction of sp³-hybridized carbons (Fsp3) is 0.200. The summed E-state index contributed by atoms with van der Waals surface area (Å²) in [6, 6.07) is 5.76. The summed E-state index contributed by atoms with van der Waals surface area (Å²) in [4.78, 5) is 16.6. The van der Waals surface area contributed by atoms with Crippen LogP contribution in [0.2, 0.25) is 5.02 Å². The van der Waals surface area contributed by atoms with Crippen LogP contribution in [0.5, 0.6) is 0 Å². The Bertz CT molecular complexity index is 720. The van der Waals surface area contributed by atoms with Crippen molar-refractivity contribution in [1.82, 2.24) is 10.3 Å². The highest BCUT2D eigenvalue weighted by Gasteiger charge is 2.25. The lowest BCUT2D eigenvalue weighted by Gasteiger charge is -2.25. The van der Waals surface area contributed by atoms with E-state index < -0.39 is 11.4 Å². The molecule has 1 amide bonds. The Morgan fingerprint density at radius 1 is 1.37 bits per heavy atom. The number of carbonyl (C=O) groups excluding carboxylic acids is 1. The quantitative estimate of drug-likeness (QED) is 0.934. The summed E-state index contributed by atoms with van der Waals surface area (Å²) in [6.45, 7) is 3.59. The van der Waals surface area contributed by atoms with Gasteiger partial charge in [-0.25, -0.2) is 0 Å². The Hall–Kier alpha value is -1.87. The Balaban J connectivity index is 2.34. The van der Waals surface area contributed by atoms with Crippen LogP contribution in [0.1, 0.15) is 34.0 Å². The van der Waals surface area contributed by atoms with E-state index in [1.807, 2.05) is 6.07 Å². The molecule has 0 aliphatic carbocycles. The molecule has 0 saturated heterocycles. The number of amides is 1. The molecule has 0 atom stereocenters. The number of nitrogens with one attached hydrogen (secondary N) is 1. The average molecular weight is 278 g/mol. The summed E-state index contributed by atoms with van der Waals surface area (Å²) in [6.07, 6.45) is 1.63. The molecule has 1 heterocycles. The van der Waals surface area contributed by atoms with Gasteiger partial charge >= 0.3 is 0 Å². The molecule has 1 aromatic heterocycles. The standard InChI is InChI=1S/C15H15ClN2O/c1-15(2,13-9-5-6-10-17-13)18-14(19)11-7-3-4-8-12(11)16/h3-10H,1-2H3,(H,18,19)/i3D,4D,8D. The van der Waals surface area contributed by atoms with Crippen LogP contribution in [0.15, 0.2) is 48.6 Å². The van der Waals surface area contributed by atoms with Crippen molar-refractivity contribution in [2.24, 2.45) is 0 Å². The second-order valence-corrected chi connectivity index (χ2v) is 4.94. The van der Waals surface area contributed by atoms with Crippen molar-refractivity contribution in [3.05, 3.63) is 64.9 Å². The zero-order valence-electron chi connectivity index (χ0n) is 13.6. The van der Waals surface area contributed by atoms with E-state index in [2.05, 4.69) is 10.3 Å². The molecule has 4 heteroatoms. The van der Waals surface area contributed by atoms with Crippen LogP contribution in [0.25, 0.3) is 0 Å². The lowest BCUT2D eigenvalue weighted by Crippen LogP contribution is -2.41. The topological polar surface area (TPSA) is 42.0 Å². The second kappa shape index (κ2) is 5.41. The first-order chi connectivity index (χ1) is 10.2. The molecule has 98 valence electrons. The first-order valence-corrected chi connectivity index (χ1v) is 6.12. The van der Waals surface area contributed by atoms with Crippen molar-refractivity contribution in [2.75, 3.05) is 0 Å². The van der Waals surface area contributed by atoms with Gasteiger partial charge in [0.25, 0.3) is 5.91 Å². The number of nitrogens with zero attached hydrogens (tertiary/aromatic N) is 1. The van der Waals surface area contributed by atoms with Gasteiger partial charge in [-0.15, -0.1) is 0 Å². The summed E-state index contributed by atoms with van der Waals surface area (Å²) in [5.41, 5.74) is -0.0588. The molecule has 0 aliphatic heterocycles. The smallest absolute Gasteiger partial charge is 0.253 e. The van der Waals surface area contributed by atoms with Gasteiger partial charge in [-0.2, -0.15) is 0 Å². The van der Waals surface area contributed by atoms with Crippen molar-refractivity contribution in [2.45, 2.75) is 19.4 Å². The first kappa shape index (κ1) is 9.98. The molecule has 0 saturated carbocycles. The molecule has 1 N–H and O–H groups in total. The number of carbonyl (C=O) groups is 1. The highest BCUT2D eigenvalue weighted by atomic mass is 35.5. The SMILES string of the molecule is [2H]c1cc(C(=O)NC(C)(C)c2ccccn2)c(Cl)c([2H])c1[2H]. The van der Waals surface area contributed by atoms with Crippen LogP contribution in [0, 0.1) is 0 Å². The highest BCUT2D eigenvalue weighted by Crippen LogP contribution is 2.20. The Kier molecular flexibility index (Phi) is 2.84. The third-order valence-corrected chi connectivity index (χ3v) is 2.97. The predicted octanol–water partition coefficient (Wildman–Crippen LogP) is 3.40. The van der Waals surface area contributed by atoms with Crippen molar-refractivity contribution in [3.8, 4) is 0 Å². The number of halogens is 1. The Morgan fingerprint density at radius 3 is 2.84 bits per heavy atom. The third kappa shape index (κ3) is 3.12. The van der Waals surface area contributed by atoms with Gasteiger partial charge in [0.1, 0.15) is 0 Å². The molecule has 2 rings (SSSR count). The van der Waals surface area contributed by atoms with Crippen LogP contribution >= 0.6 is 11.6 Å². The fourth-order valence-corrected chi connectivity index (χ4v) is 1.83. The number of benzene rings is 1. The minimum absolute atomic E-state index is 0.0108. The van der Waals surface area contributed by atoms with E-state index in [1.165, 1.54) is 6.07 Å². The van der Waals surface area contributed by atoms with E-state index in [0.29, 0.717) is 5.69 Å². The minimum atomic E-state index is -0.744. The van der Waals surface area contributed by atoms with E-state index in [4.69, 9.17) is 15.7 Å². The van der Waals surface area contributed by atoms with Crippen LogP contribution in [-0.2, 0) is 5.54 Å². The van der Waals surface area contributed by atoms with E-state index in [9.17, 15) is 4.79 Å². The van der Waals surface area contributed by atoms with E-state index in [-0.39, 0.29) is 28.7 Å². The maximum atomic E-state index is 12.4. The molecule has 0 aliphatic rings. The molecule has 0 fully saturated rings. The molecule has 0 spiro atoms.